The highest BCUT2D eigenvalue weighted by atomic mass is 16.5. The summed E-state index contributed by atoms with van der Waals surface area (Å²) in [6.07, 6.45) is 1.86. The van der Waals surface area contributed by atoms with E-state index >= 15 is 0 Å². The van der Waals surface area contributed by atoms with Gasteiger partial charge in [-0.1, -0.05) is 6.07 Å². The molecule has 0 N–H and O–H groups in total. The molecule has 0 spiro atoms. The number of pyridine rings is 1. The van der Waals surface area contributed by atoms with Crippen LogP contribution in [0.5, 0.6) is 0 Å². The number of rotatable bonds is 1. The van der Waals surface area contributed by atoms with Crippen molar-refractivity contribution in [3.63, 3.8) is 0 Å². The molecule has 14 heavy (non-hydrogen) atoms. The standard InChI is InChI=1S/C11H11NO2/c1-8-7-10(11(13)14-2)12-6-4-3-5-9(8)12/h3-7H,1-2H3. The second kappa shape index (κ2) is 3.18. The van der Waals surface area contributed by atoms with Crippen LogP contribution in [0, 0.1) is 6.92 Å². The summed E-state index contributed by atoms with van der Waals surface area (Å²) in [6.45, 7) is 1.97. The number of aromatic nitrogens is 1. The molecule has 0 amide bonds. The van der Waals surface area contributed by atoms with Crippen LogP contribution in [0.2, 0.25) is 0 Å². The Morgan fingerprint density at radius 1 is 1.43 bits per heavy atom. The summed E-state index contributed by atoms with van der Waals surface area (Å²) < 4.78 is 6.53. The number of hydrogen-bond donors (Lipinski definition) is 0. The molecule has 2 aromatic rings. The van der Waals surface area contributed by atoms with Crippen molar-refractivity contribution >= 4 is 11.5 Å². The number of methoxy groups -OCH3 is 1. The number of carbonyl (C=O) groups is 1. The Hall–Kier alpha value is -1.77. The number of ether oxygens (including phenoxy) is 1. The van der Waals surface area contributed by atoms with E-state index in [1.54, 1.807) is 0 Å². The van der Waals surface area contributed by atoms with Gasteiger partial charge in [-0.15, -0.1) is 0 Å². The predicted octanol–water partition coefficient (Wildman–Crippen LogP) is 2.03. The number of esters is 1. The Balaban J connectivity index is 2.72. The molecule has 3 heteroatoms. The van der Waals surface area contributed by atoms with Crippen molar-refractivity contribution in [1.29, 1.82) is 0 Å². The Morgan fingerprint density at radius 3 is 2.93 bits per heavy atom. The summed E-state index contributed by atoms with van der Waals surface area (Å²) in [7, 11) is 1.39. The van der Waals surface area contributed by atoms with Crippen molar-refractivity contribution in [2.45, 2.75) is 6.92 Å². The minimum Gasteiger partial charge on any atom is -0.464 e. The van der Waals surface area contributed by atoms with Crippen LogP contribution in [0.25, 0.3) is 5.52 Å². The topological polar surface area (TPSA) is 30.7 Å². The van der Waals surface area contributed by atoms with Crippen LogP contribution < -0.4 is 0 Å². The second-order valence-corrected chi connectivity index (χ2v) is 3.16. The number of fused-ring (bicyclic) bond motifs is 1. The average molecular weight is 189 g/mol. The van der Waals surface area contributed by atoms with Crippen molar-refractivity contribution in [2.24, 2.45) is 0 Å². The Bertz CT molecular complexity index is 485. The summed E-state index contributed by atoms with van der Waals surface area (Å²) >= 11 is 0. The lowest BCUT2D eigenvalue weighted by Gasteiger charge is -1.99. The van der Waals surface area contributed by atoms with Gasteiger partial charge in [0, 0.05) is 11.7 Å². The molecular formula is C11H11NO2. The zero-order valence-electron chi connectivity index (χ0n) is 8.15. The van der Waals surface area contributed by atoms with Crippen LogP contribution in [0.1, 0.15) is 16.1 Å². The lowest BCUT2D eigenvalue weighted by atomic mass is 10.3. The highest BCUT2D eigenvalue weighted by Crippen LogP contribution is 2.16. The Labute approximate surface area is 81.9 Å². The van der Waals surface area contributed by atoms with E-state index in [2.05, 4.69) is 0 Å². The Morgan fingerprint density at radius 2 is 2.21 bits per heavy atom. The maximum Gasteiger partial charge on any atom is 0.355 e. The molecular weight excluding hydrogens is 178 g/mol. The molecule has 0 aromatic carbocycles. The maximum atomic E-state index is 11.4. The van der Waals surface area contributed by atoms with Gasteiger partial charge in [-0.2, -0.15) is 0 Å². The first-order chi connectivity index (χ1) is 6.74. The largest absolute Gasteiger partial charge is 0.464 e. The normalized spacial score (nSPS) is 10.4. The first-order valence-electron chi connectivity index (χ1n) is 4.39. The second-order valence-electron chi connectivity index (χ2n) is 3.16. The van der Waals surface area contributed by atoms with Gasteiger partial charge in [0.15, 0.2) is 0 Å². The lowest BCUT2D eigenvalue weighted by molar-refractivity contribution is 0.0593. The Kier molecular flexibility index (Phi) is 2.00. The zero-order chi connectivity index (χ0) is 10.1. The molecule has 2 heterocycles. The molecule has 2 aromatic heterocycles. The molecule has 2 rings (SSSR count). The third-order valence-corrected chi connectivity index (χ3v) is 2.27. The summed E-state index contributed by atoms with van der Waals surface area (Å²) in [5.41, 5.74) is 2.68. The SMILES string of the molecule is COC(=O)c1cc(C)c2ccccn12. The van der Waals surface area contributed by atoms with E-state index < -0.39 is 0 Å². The third-order valence-electron chi connectivity index (χ3n) is 2.27. The van der Waals surface area contributed by atoms with Crippen molar-refractivity contribution < 1.29 is 9.53 Å². The quantitative estimate of drug-likeness (QED) is 0.643. The third kappa shape index (κ3) is 1.18. The van der Waals surface area contributed by atoms with Crippen LogP contribution >= 0.6 is 0 Å². The van der Waals surface area contributed by atoms with Crippen LogP contribution in [0.3, 0.4) is 0 Å². The number of aryl methyl sites for hydroxylation is 1. The first kappa shape index (κ1) is 8.81. The highest BCUT2D eigenvalue weighted by molar-refractivity contribution is 5.90. The molecule has 0 aliphatic carbocycles. The van der Waals surface area contributed by atoms with E-state index in [0.717, 1.165) is 11.1 Å². The van der Waals surface area contributed by atoms with E-state index in [1.165, 1.54) is 7.11 Å². The van der Waals surface area contributed by atoms with E-state index in [-0.39, 0.29) is 5.97 Å². The van der Waals surface area contributed by atoms with Crippen molar-refractivity contribution in [3.8, 4) is 0 Å². The fourth-order valence-corrected chi connectivity index (χ4v) is 1.58. The van der Waals surface area contributed by atoms with E-state index in [9.17, 15) is 4.79 Å². The average Bonchev–Trinajstić information content (AvgIpc) is 2.56. The van der Waals surface area contributed by atoms with E-state index in [1.807, 2.05) is 41.8 Å². The van der Waals surface area contributed by atoms with Gasteiger partial charge in [0.05, 0.1) is 7.11 Å². The van der Waals surface area contributed by atoms with Crippen LogP contribution in [0.4, 0.5) is 0 Å². The first-order valence-corrected chi connectivity index (χ1v) is 4.39. The fraction of sp³-hybridized carbons (Fsp3) is 0.182. The summed E-state index contributed by atoms with van der Waals surface area (Å²) in [6, 6.07) is 7.64. The zero-order valence-corrected chi connectivity index (χ0v) is 8.15. The van der Waals surface area contributed by atoms with Gasteiger partial charge in [0.2, 0.25) is 0 Å². The van der Waals surface area contributed by atoms with E-state index in [0.29, 0.717) is 5.69 Å². The van der Waals surface area contributed by atoms with Gasteiger partial charge < -0.3 is 9.14 Å². The summed E-state index contributed by atoms with van der Waals surface area (Å²) in [4.78, 5) is 11.4. The van der Waals surface area contributed by atoms with Crippen molar-refractivity contribution in [1.82, 2.24) is 4.40 Å². The number of carbonyl (C=O) groups excluding carboxylic acids is 1. The lowest BCUT2D eigenvalue weighted by Crippen LogP contribution is -2.04. The van der Waals surface area contributed by atoms with Crippen molar-refractivity contribution in [2.75, 3.05) is 7.11 Å². The molecule has 0 fully saturated rings. The van der Waals surface area contributed by atoms with Crippen LogP contribution in [-0.4, -0.2) is 17.5 Å². The molecule has 0 aliphatic rings. The summed E-state index contributed by atoms with van der Waals surface area (Å²) in [5, 5.41) is 0. The maximum absolute atomic E-state index is 11.4. The minimum atomic E-state index is -0.306. The van der Waals surface area contributed by atoms with Gasteiger partial charge in [-0.05, 0) is 30.7 Å². The fourth-order valence-electron chi connectivity index (χ4n) is 1.58. The van der Waals surface area contributed by atoms with Crippen molar-refractivity contribution in [3.05, 3.63) is 41.7 Å². The molecule has 3 nitrogen and oxygen atoms in total. The number of nitrogens with zero attached hydrogens (tertiary/aromatic N) is 1. The van der Waals surface area contributed by atoms with Crippen LogP contribution in [-0.2, 0) is 4.74 Å². The minimum absolute atomic E-state index is 0.306. The molecule has 0 unspecified atom stereocenters. The van der Waals surface area contributed by atoms with Gasteiger partial charge >= 0.3 is 5.97 Å². The van der Waals surface area contributed by atoms with Crippen LogP contribution in [0.15, 0.2) is 30.5 Å². The van der Waals surface area contributed by atoms with Gasteiger partial charge in [-0.3, -0.25) is 0 Å². The monoisotopic (exact) mass is 189 g/mol. The van der Waals surface area contributed by atoms with Gasteiger partial charge in [0.1, 0.15) is 5.69 Å². The number of hydrogen-bond acceptors (Lipinski definition) is 2. The van der Waals surface area contributed by atoms with Gasteiger partial charge in [-0.25, -0.2) is 4.79 Å². The smallest absolute Gasteiger partial charge is 0.355 e. The highest BCUT2D eigenvalue weighted by Gasteiger charge is 2.12. The molecule has 0 saturated carbocycles. The predicted molar refractivity (Wildman–Crippen MR) is 53.5 cm³/mol. The molecule has 0 aliphatic heterocycles. The summed E-state index contributed by atoms with van der Waals surface area (Å²) in [5.74, 6) is -0.306. The molecule has 72 valence electrons. The molecule has 0 atom stereocenters. The molecule has 0 saturated heterocycles. The van der Waals surface area contributed by atoms with E-state index in [4.69, 9.17) is 4.74 Å². The molecule has 0 radical (unpaired) electrons. The molecule has 0 bridgehead atoms. The van der Waals surface area contributed by atoms with Gasteiger partial charge in [0.25, 0.3) is 0 Å².